The zero-order chi connectivity index (χ0) is 8.81. The molecule has 0 spiro atoms. The number of hydrogen-bond donors (Lipinski definition) is 0. The molecule has 0 N–H and O–H groups in total. The Morgan fingerprint density at radius 1 is 1.17 bits per heavy atom. The molecular weight excluding hydrogens is 227 g/mol. The summed E-state index contributed by atoms with van der Waals surface area (Å²) in [6.07, 6.45) is 11.5. The van der Waals surface area contributed by atoms with Crippen molar-refractivity contribution in [3.8, 4) is 0 Å². The van der Waals surface area contributed by atoms with E-state index in [1.165, 1.54) is 32.1 Å². The average Bonchev–Trinajstić information content (AvgIpc) is 2.52. The molecule has 0 bridgehead atoms. The molecule has 0 fully saturated rings. The number of halogens is 2. The van der Waals surface area contributed by atoms with Crippen molar-refractivity contribution in [2.45, 2.75) is 32.1 Å². The first-order chi connectivity index (χ1) is 5.88. The zero-order valence-electron chi connectivity index (χ0n) is 6.95. The summed E-state index contributed by atoms with van der Waals surface area (Å²) in [4.78, 5) is 0. The summed E-state index contributed by atoms with van der Waals surface area (Å²) in [5.41, 5.74) is 3.38. The van der Waals surface area contributed by atoms with Crippen molar-refractivity contribution in [1.29, 1.82) is 0 Å². The molecule has 0 saturated heterocycles. The van der Waals surface area contributed by atoms with E-state index in [1.807, 2.05) is 0 Å². The second-order valence-electron chi connectivity index (χ2n) is 3.01. The van der Waals surface area contributed by atoms with Crippen LogP contribution in [-0.2, 0) is 17.0 Å². The fourth-order valence-corrected chi connectivity index (χ4v) is 1.77. The predicted octanol–water partition coefficient (Wildman–Crippen LogP) is 4.19. The van der Waals surface area contributed by atoms with E-state index in [2.05, 4.69) is 12.2 Å². The molecule has 0 saturated carbocycles. The first-order valence-electron chi connectivity index (χ1n) is 4.22. The number of rotatable bonds is 0. The van der Waals surface area contributed by atoms with Crippen LogP contribution in [0.15, 0.2) is 23.3 Å². The summed E-state index contributed by atoms with van der Waals surface area (Å²) >= 11 is -0.556. The molecule has 66 valence electrons. The quantitative estimate of drug-likeness (QED) is 0.556. The zero-order valence-corrected chi connectivity index (χ0v) is 10.0. The average molecular weight is 239 g/mol. The van der Waals surface area contributed by atoms with Crippen LogP contribution in [0.1, 0.15) is 32.1 Å². The summed E-state index contributed by atoms with van der Waals surface area (Å²) in [6.45, 7) is 0. The maximum atomic E-state index is 4.89. The van der Waals surface area contributed by atoms with Crippen LogP contribution in [0.3, 0.4) is 0 Å². The molecule has 3 heteroatoms. The molecule has 2 rings (SSSR count). The van der Waals surface area contributed by atoms with Crippen molar-refractivity contribution in [2.24, 2.45) is 0 Å². The van der Waals surface area contributed by atoms with Gasteiger partial charge in [0, 0.05) is 0 Å². The van der Waals surface area contributed by atoms with E-state index < -0.39 is 17.0 Å². The van der Waals surface area contributed by atoms with Gasteiger partial charge in [-0.15, -0.1) is 0 Å². The molecule has 0 aromatic heterocycles. The van der Waals surface area contributed by atoms with Crippen LogP contribution in [0.4, 0.5) is 0 Å². The van der Waals surface area contributed by atoms with E-state index in [-0.39, 0.29) is 0 Å². The third kappa shape index (κ3) is 3.26. The van der Waals surface area contributed by atoms with Gasteiger partial charge in [-0.3, -0.25) is 0 Å². The first-order valence-corrected chi connectivity index (χ1v) is 8.52. The second kappa shape index (κ2) is 6.26. The number of hydrogen-bond acceptors (Lipinski definition) is 0. The third-order valence-corrected chi connectivity index (χ3v) is 2.31. The van der Waals surface area contributed by atoms with E-state index in [0.717, 1.165) is 0 Å². The summed E-state index contributed by atoms with van der Waals surface area (Å²) < 4.78 is 0. The van der Waals surface area contributed by atoms with Crippen LogP contribution in [0.5, 0.6) is 0 Å². The predicted molar refractivity (Wildman–Crippen MR) is 51.0 cm³/mol. The van der Waals surface area contributed by atoms with Gasteiger partial charge in [-0.2, -0.15) is 0 Å². The van der Waals surface area contributed by atoms with Gasteiger partial charge in [0.1, 0.15) is 0 Å². The molecule has 0 aromatic rings. The maximum absolute atomic E-state index is 4.89. The van der Waals surface area contributed by atoms with Crippen LogP contribution in [0, 0.1) is 0 Å². The fourth-order valence-electron chi connectivity index (χ4n) is 1.77. The summed E-state index contributed by atoms with van der Waals surface area (Å²) in [7, 11) is 9.78. The van der Waals surface area contributed by atoms with Gasteiger partial charge in [-0.1, -0.05) is 17.7 Å². The van der Waals surface area contributed by atoms with E-state index in [4.69, 9.17) is 18.6 Å². The van der Waals surface area contributed by atoms with Gasteiger partial charge in [-0.25, -0.2) is 0 Å². The van der Waals surface area contributed by atoms with Gasteiger partial charge >= 0.3 is 35.6 Å². The molecule has 0 nitrogen and oxygen atoms in total. The van der Waals surface area contributed by atoms with Crippen LogP contribution in [-0.4, -0.2) is 0 Å². The Labute approximate surface area is 90.7 Å². The van der Waals surface area contributed by atoms with Crippen molar-refractivity contribution in [2.75, 3.05) is 0 Å². The van der Waals surface area contributed by atoms with E-state index in [1.54, 1.807) is 11.1 Å². The molecule has 0 radical (unpaired) electrons. The van der Waals surface area contributed by atoms with Crippen molar-refractivity contribution in [1.82, 2.24) is 0 Å². The molecule has 0 aromatic carbocycles. The van der Waals surface area contributed by atoms with Crippen LogP contribution in [0.2, 0.25) is 0 Å². The Morgan fingerprint density at radius 3 is 2.50 bits per heavy atom. The second-order valence-corrected chi connectivity index (χ2v) is 5.59. The SMILES string of the molecule is C1=CC2=C(C1)CCCC2.[Cl][Ti][Cl]. The van der Waals surface area contributed by atoms with Gasteiger partial charge in [0.2, 0.25) is 0 Å². The summed E-state index contributed by atoms with van der Waals surface area (Å²) in [6, 6.07) is 0. The number of allylic oxidation sites excluding steroid dienone is 4. The minimum absolute atomic E-state index is 0.556. The monoisotopic (exact) mass is 238 g/mol. The van der Waals surface area contributed by atoms with E-state index in [0.29, 0.717) is 0 Å². The Kier molecular flexibility index (Phi) is 5.66. The Balaban J connectivity index is 0.000000213. The molecule has 2 aliphatic rings. The van der Waals surface area contributed by atoms with Gasteiger partial charge in [0.15, 0.2) is 0 Å². The van der Waals surface area contributed by atoms with Crippen molar-refractivity contribution in [3.05, 3.63) is 23.3 Å². The van der Waals surface area contributed by atoms with Gasteiger partial charge in [-0.05, 0) is 37.7 Å². The van der Waals surface area contributed by atoms with Crippen LogP contribution in [0.25, 0.3) is 0 Å². The van der Waals surface area contributed by atoms with Gasteiger partial charge < -0.3 is 0 Å². The van der Waals surface area contributed by atoms with Crippen LogP contribution >= 0.6 is 18.6 Å². The summed E-state index contributed by atoms with van der Waals surface area (Å²) in [5.74, 6) is 0. The molecule has 0 aliphatic heterocycles. The van der Waals surface area contributed by atoms with E-state index >= 15 is 0 Å². The molecule has 0 atom stereocenters. The summed E-state index contributed by atoms with van der Waals surface area (Å²) in [5, 5.41) is 0. The first kappa shape index (κ1) is 10.9. The van der Waals surface area contributed by atoms with E-state index in [9.17, 15) is 0 Å². The van der Waals surface area contributed by atoms with Gasteiger partial charge in [0.25, 0.3) is 0 Å². The molecule has 0 unspecified atom stereocenters. The van der Waals surface area contributed by atoms with Crippen LogP contribution < -0.4 is 0 Å². The Morgan fingerprint density at radius 2 is 1.83 bits per heavy atom. The fraction of sp³-hybridized carbons (Fsp3) is 0.556. The molecule has 0 heterocycles. The normalized spacial score (nSPS) is 19.8. The third-order valence-electron chi connectivity index (χ3n) is 2.31. The Bertz CT molecular complexity index is 197. The topological polar surface area (TPSA) is 0 Å². The molecule has 0 amide bonds. The Hall–Kier alpha value is 0.774. The van der Waals surface area contributed by atoms with Crippen molar-refractivity contribution >= 4 is 18.6 Å². The molecule has 2 aliphatic carbocycles. The van der Waals surface area contributed by atoms with Crippen molar-refractivity contribution < 1.29 is 17.0 Å². The molecule has 12 heavy (non-hydrogen) atoms. The van der Waals surface area contributed by atoms with Crippen molar-refractivity contribution in [3.63, 3.8) is 0 Å². The standard InChI is InChI=1S/C9H12.2ClH.Ti/c1-2-5-9-7-3-6-8(9)4-1;;;/h3,6H,1-2,4-5,7H2;2*1H;/q;;;+2/p-2. The van der Waals surface area contributed by atoms with Gasteiger partial charge in [0.05, 0.1) is 0 Å². The minimum atomic E-state index is -0.556. The molecular formula is C9H12Cl2Ti.